The van der Waals surface area contributed by atoms with Crippen molar-refractivity contribution >= 4 is 21.4 Å². The molecule has 2 rings (SSSR count). The summed E-state index contributed by atoms with van der Waals surface area (Å²) in [4.78, 5) is 0.0663. The number of benzene rings is 2. The van der Waals surface area contributed by atoms with E-state index in [9.17, 15) is 12.8 Å². The van der Waals surface area contributed by atoms with Gasteiger partial charge >= 0.3 is 0 Å². The second-order valence-electron chi connectivity index (χ2n) is 4.34. The van der Waals surface area contributed by atoms with Gasteiger partial charge in [-0.3, -0.25) is 4.72 Å². The Bertz CT molecular complexity index is 712. The van der Waals surface area contributed by atoms with E-state index in [0.29, 0.717) is 11.3 Å². The first-order chi connectivity index (χ1) is 9.42. The highest BCUT2D eigenvalue weighted by molar-refractivity contribution is 7.92. The van der Waals surface area contributed by atoms with Crippen molar-refractivity contribution in [2.75, 3.05) is 17.1 Å². The Kier molecular flexibility index (Phi) is 3.94. The van der Waals surface area contributed by atoms with E-state index >= 15 is 0 Å². The molecule has 0 bridgehead atoms. The summed E-state index contributed by atoms with van der Waals surface area (Å²) in [5.74, 6) is -0.458. The standard InChI is InChI=1S/C14H15FN2O2S/c1-10-9-11(15)3-8-14(10)20(18,19)17-13-6-4-12(16-2)5-7-13/h3-9,16-17H,1-2H3. The van der Waals surface area contributed by atoms with Crippen LogP contribution in [0.4, 0.5) is 15.8 Å². The molecule has 0 radical (unpaired) electrons. The number of hydrogen-bond donors (Lipinski definition) is 2. The molecule has 6 heteroatoms. The van der Waals surface area contributed by atoms with Gasteiger partial charge in [0.2, 0.25) is 0 Å². The third-order valence-electron chi connectivity index (χ3n) is 2.85. The maximum Gasteiger partial charge on any atom is 0.262 e. The van der Waals surface area contributed by atoms with Gasteiger partial charge in [-0.05, 0) is 55.0 Å². The smallest absolute Gasteiger partial charge is 0.262 e. The Morgan fingerprint density at radius 1 is 1.00 bits per heavy atom. The summed E-state index contributed by atoms with van der Waals surface area (Å²) in [6, 6.07) is 10.4. The molecule has 2 aromatic rings. The normalized spacial score (nSPS) is 11.2. The molecule has 0 atom stereocenters. The molecule has 0 aliphatic carbocycles. The first-order valence-electron chi connectivity index (χ1n) is 5.99. The van der Waals surface area contributed by atoms with Gasteiger partial charge in [-0.2, -0.15) is 0 Å². The Labute approximate surface area is 117 Å². The van der Waals surface area contributed by atoms with Crippen molar-refractivity contribution in [2.45, 2.75) is 11.8 Å². The molecular weight excluding hydrogens is 279 g/mol. The van der Waals surface area contributed by atoms with Gasteiger partial charge in [0.05, 0.1) is 4.90 Å². The Morgan fingerprint density at radius 3 is 2.15 bits per heavy atom. The molecule has 0 aromatic heterocycles. The average Bonchev–Trinajstić information content (AvgIpc) is 2.38. The van der Waals surface area contributed by atoms with Gasteiger partial charge in [0.1, 0.15) is 5.82 Å². The third-order valence-corrected chi connectivity index (χ3v) is 4.39. The lowest BCUT2D eigenvalue weighted by Gasteiger charge is -2.11. The lowest BCUT2D eigenvalue weighted by atomic mass is 10.2. The van der Waals surface area contributed by atoms with Crippen molar-refractivity contribution < 1.29 is 12.8 Å². The molecule has 0 amide bonds. The van der Waals surface area contributed by atoms with Crippen molar-refractivity contribution in [3.05, 3.63) is 53.8 Å². The van der Waals surface area contributed by atoms with E-state index < -0.39 is 15.8 Å². The highest BCUT2D eigenvalue weighted by Crippen LogP contribution is 2.21. The van der Waals surface area contributed by atoms with Crippen LogP contribution in [0.3, 0.4) is 0 Å². The Balaban J connectivity index is 2.30. The number of halogens is 1. The minimum atomic E-state index is -3.72. The van der Waals surface area contributed by atoms with Crippen molar-refractivity contribution in [1.82, 2.24) is 0 Å². The molecule has 0 aliphatic heterocycles. The van der Waals surface area contributed by atoms with Gasteiger partial charge in [-0.15, -0.1) is 0 Å². The summed E-state index contributed by atoms with van der Waals surface area (Å²) in [6.45, 7) is 1.56. The van der Waals surface area contributed by atoms with E-state index in [1.54, 1.807) is 38.2 Å². The molecule has 0 unspecified atom stereocenters. The van der Waals surface area contributed by atoms with Crippen LogP contribution in [0.15, 0.2) is 47.4 Å². The SMILES string of the molecule is CNc1ccc(NS(=O)(=O)c2ccc(F)cc2C)cc1. The van der Waals surface area contributed by atoms with E-state index in [2.05, 4.69) is 10.0 Å². The molecule has 2 N–H and O–H groups in total. The summed E-state index contributed by atoms with van der Waals surface area (Å²) in [7, 11) is -1.94. The second kappa shape index (κ2) is 5.50. The number of aryl methyl sites for hydroxylation is 1. The summed E-state index contributed by atoms with van der Waals surface area (Å²) >= 11 is 0. The molecule has 0 saturated carbocycles. The zero-order valence-electron chi connectivity index (χ0n) is 11.1. The Morgan fingerprint density at radius 2 is 1.60 bits per heavy atom. The largest absolute Gasteiger partial charge is 0.388 e. The van der Waals surface area contributed by atoms with Crippen LogP contribution in [0.1, 0.15) is 5.56 Å². The van der Waals surface area contributed by atoms with Crippen molar-refractivity contribution in [3.8, 4) is 0 Å². The van der Waals surface area contributed by atoms with Crippen LogP contribution in [0.25, 0.3) is 0 Å². The van der Waals surface area contributed by atoms with Crippen molar-refractivity contribution in [2.24, 2.45) is 0 Å². The zero-order chi connectivity index (χ0) is 14.8. The van der Waals surface area contributed by atoms with E-state index in [1.165, 1.54) is 12.1 Å². The summed E-state index contributed by atoms with van der Waals surface area (Å²) in [6.07, 6.45) is 0. The highest BCUT2D eigenvalue weighted by Gasteiger charge is 2.17. The van der Waals surface area contributed by atoms with Crippen LogP contribution >= 0.6 is 0 Å². The molecule has 0 spiro atoms. The first kappa shape index (κ1) is 14.3. The zero-order valence-corrected chi connectivity index (χ0v) is 12.0. The fraction of sp³-hybridized carbons (Fsp3) is 0.143. The predicted octanol–water partition coefficient (Wildman–Crippen LogP) is 2.98. The van der Waals surface area contributed by atoms with Gasteiger partial charge < -0.3 is 5.32 Å². The van der Waals surface area contributed by atoms with Gasteiger partial charge in [0.15, 0.2) is 0 Å². The number of rotatable bonds is 4. The number of anilines is 2. The van der Waals surface area contributed by atoms with E-state index in [4.69, 9.17) is 0 Å². The topological polar surface area (TPSA) is 58.2 Å². The van der Waals surface area contributed by atoms with Crippen LogP contribution in [-0.2, 0) is 10.0 Å². The maximum absolute atomic E-state index is 13.0. The lowest BCUT2D eigenvalue weighted by molar-refractivity contribution is 0.598. The van der Waals surface area contributed by atoms with E-state index in [-0.39, 0.29) is 4.90 Å². The van der Waals surface area contributed by atoms with Gasteiger partial charge in [0.25, 0.3) is 10.0 Å². The van der Waals surface area contributed by atoms with Crippen LogP contribution in [0, 0.1) is 12.7 Å². The van der Waals surface area contributed by atoms with E-state index in [0.717, 1.165) is 11.8 Å². The molecule has 106 valence electrons. The van der Waals surface area contributed by atoms with E-state index in [1.807, 2.05) is 0 Å². The molecule has 4 nitrogen and oxygen atoms in total. The third kappa shape index (κ3) is 3.08. The fourth-order valence-corrected chi connectivity index (χ4v) is 3.12. The quantitative estimate of drug-likeness (QED) is 0.911. The fourth-order valence-electron chi connectivity index (χ4n) is 1.83. The molecular formula is C14H15FN2O2S. The number of hydrogen-bond acceptors (Lipinski definition) is 3. The molecule has 0 heterocycles. The van der Waals surface area contributed by atoms with Crippen LogP contribution in [-0.4, -0.2) is 15.5 Å². The average molecular weight is 294 g/mol. The van der Waals surface area contributed by atoms with Crippen molar-refractivity contribution in [1.29, 1.82) is 0 Å². The van der Waals surface area contributed by atoms with Crippen LogP contribution < -0.4 is 10.0 Å². The van der Waals surface area contributed by atoms with Crippen molar-refractivity contribution in [3.63, 3.8) is 0 Å². The molecule has 2 aromatic carbocycles. The highest BCUT2D eigenvalue weighted by atomic mass is 32.2. The van der Waals surface area contributed by atoms with Crippen LogP contribution in [0.2, 0.25) is 0 Å². The maximum atomic E-state index is 13.0. The summed E-state index contributed by atoms with van der Waals surface area (Å²) in [5.41, 5.74) is 1.70. The predicted molar refractivity (Wildman–Crippen MR) is 77.9 cm³/mol. The summed E-state index contributed by atoms with van der Waals surface area (Å²) < 4.78 is 40.0. The monoisotopic (exact) mass is 294 g/mol. The number of sulfonamides is 1. The minimum Gasteiger partial charge on any atom is -0.388 e. The first-order valence-corrected chi connectivity index (χ1v) is 7.47. The van der Waals surface area contributed by atoms with Gasteiger partial charge in [-0.25, -0.2) is 12.8 Å². The molecule has 0 aliphatic rings. The molecule has 20 heavy (non-hydrogen) atoms. The second-order valence-corrected chi connectivity index (χ2v) is 5.99. The molecule has 0 fully saturated rings. The number of nitrogens with one attached hydrogen (secondary N) is 2. The lowest BCUT2D eigenvalue weighted by Crippen LogP contribution is -2.14. The van der Waals surface area contributed by atoms with Crippen LogP contribution in [0.5, 0.6) is 0 Å². The van der Waals surface area contributed by atoms with Gasteiger partial charge in [0, 0.05) is 18.4 Å². The minimum absolute atomic E-state index is 0.0663. The molecule has 0 saturated heterocycles. The summed E-state index contributed by atoms with van der Waals surface area (Å²) in [5, 5.41) is 2.95. The Hall–Kier alpha value is -2.08. The van der Waals surface area contributed by atoms with Gasteiger partial charge in [-0.1, -0.05) is 0 Å².